The normalized spacial score (nSPS) is 15.9. The van der Waals surface area contributed by atoms with Crippen molar-refractivity contribution >= 4 is 0 Å². The number of aliphatic hydroxyl groups is 1. The smallest absolute Gasteiger partial charge is 0.250 e. The lowest BCUT2D eigenvalue weighted by Crippen LogP contribution is -2.36. The number of aliphatic hydroxyl groups excluding tert-OH is 1. The molecule has 0 aromatic heterocycles. The van der Waals surface area contributed by atoms with E-state index in [1.165, 1.54) is 5.56 Å². The summed E-state index contributed by atoms with van der Waals surface area (Å²) in [6.07, 6.45) is 1.89. The molecule has 194 valence electrons. The molecule has 0 unspecified atom stereocenters. The molecule has 0 bridgehead atoms. The van der Waals surface area contributed by atoms with E-state index < -0.39 is 17.8 Å². The maximum Gasteiger partial charge on any atom is 0.250 e. The summed E-state index contributed by atoms with van der Waals surface area (Å²) in [7, 11) is 0. The van der Waals surface area contributed by atoms with Crippen molar-refractivity contribution in [2.45, 2.75) is 76.8 Å². The standard InChI is InChI=1S/C28H39F2NO4/c1-27(2)34-21-23-13-8-14-24(26(23)35-27)25(32)20-31-17-9-15-28(29,30)16-19-33-18-7-6-12-22-10-4-3-5-11-22/h3-5,8,10-11,13-14,25,31-32H,6-7,9,12,15-21H2,1-2H3/t25-/m0/s1. The Balaban J connectivity index is 1.26. The first-order valence-electron chi connectivity index (χ1n) is 12.6. The third-order valence-corrected chi connectivity index (χ3v) is 6.10. The zero-order chi connectivity index (χ0) is 25.2. The van der Waals surface area contributed by atoms with Gasteiger partial charge in [-0.25, -0.2) is 8.78 Å². The highest BCUT2D eigenvalue weighted by Gasteiger charge is 2.30. The quantitative estimate of drug-likeness (QED) is 0.309. The van der Waals surface area contributed by atoms with Crippen LogP contribution in [-0.2, 0) is 22.5 Å². The summed E-state index contributed by atoms with van der Waals surface area (Å²) in [5, 5.41) is 13.7. The van der Waals surface area contributed by atoms with Gasteiger partial charge in [0, 0.05) is 51.0 Å². The fourth-order valence-corrected chi connectivity index (χ4v) is 4.08. The van der Waals surface area contributed by atoms with Crippen LogP contribution in [0.1, 0.15) is 68.7 Å². The maximum atomic E-state index is 14.1. The number of rotatable bonds is 15. The zero-order valence-corrected chi connectivity index (χ0v) is 20.9. The van der Waals surface area contributed by atoms with Crippen LogP contribution >= 0.6 is 0 Å². The number of benzene rings is 2. The van der Waals surface area contributed by atoms with Crippen molar-refractivity contribution in [2.75, 3.05) is 26.3 Å². The Morgan fingerprint density at radius 2 is 1.83 bits per heavy atom. The van der Waals surface area contributed by atoms with Crippen molar-refractivity contribution in [3.63, 3.8) is 0 Å². The minimum Gasteiger partial charge on any atom is -0.462 e. The van der Waals surface area contributed by atoms with Crippen molar-refractivity contribution < 1.29 is 28.1 Å². The van der Waals surface area contributed by atoms with E-state index in [9.17, 15) is 13.9 Å². The van der Waals surface area contributed by atoms with Gasteiger partial charge in [-0.3, -0.25) is 0 Å². The van der Waals surface area contributed by atoms with Crippen LogP contribution in [0.2, 0.25) is 0 Å². The maximum absolute atomic E-state index is 14.1. The van der Waals surface area contributed by atoms with E-state index in [1.54, 1.807) is 0 Å². The van der Waals surface area contributed by atoms with E-state index in [4.69, 9.17) is 14.2 Å². The number of ether oxygens (including phenoxy) is 3. The SMILES string of the molecule is CC1(C)OCc2cccc([C@@H](O)CNCCCC(F)(F)CCOCCCCc3ccccc3)c2O1. The van der Waals surface area contributed by atoms with Crippen molar-refractivity contribution in [1.29, 1.82) is 0 Å². The second kappa shape index (κ2) is 13.3. The molecule has 5 nitrogen and oxygen atoms in total. The van der Waals surface area contributed by atoms with Gasteiger partial charge in [-0.15, -0.1) is 0 Å². The summed E-state index contributed by atoms with van der Waals surface area (Å²) in [5.41, 5.74) is 2.85. The fraction of sp³-hybridized carbons (Fsp3) is 0.571. The molecular weight excluding hydrogens is 452 g/mol. The van der Waals surface area contributed by atoms with E-state index in [0.29, 0.717) is 37.5 Å². The van der Waals surface area contributed by atoms with Crippen molar-refractivity contribution in [1.82, 2.24) is 5.32 Å². The summed E-state index contributed by atoms with van der Waals surface area (Å²) < 4.78 is 45.3. The highest BCUT2D eigenvalue weighted by Crippen LogP contribution is 2.37. The molecule has 3 rings (SSSR count). The van der Waals surface area contributed by atoms with Crippen LogP contribution in [0.5, 0.6) is 5.75 Å². The fourth-order valence-electron chi connectivity index (χ4n) is 4.08. The first kappa shape index (κ1) is 27.5. The predicted molar refractivity (Wildman–Crippen MR) is 133 cm³/mol. The lowest BCUT2D eigenvalue weighted by atomic mass is 10.0. The summed E-state index contributed by atoms with van der Waals surface area (Å²) in [6.45, 7) is 5.32. The third-order valence-electron chi connectivity index (χ3n) is 6.10. The number of nitrogens with one attached hydrogen (secondary N) is 1. The van der Waals surface area contributed by atoms with Crippen LogP contribution in [0.25, 0.3) is 0 Å². The van der Waals surface area contributed by atoms with Gasteiger partial charge in [-0.05, 0) is 37.8 Å². The number of hydrogen-bond acceptors (Lipinski definition) is 5. The van der Waals surface area contributed by atoms with Gasteiger partial charge in [0.25, 0.3) is 0 Å². The second-order valence-corrected chi connectivity index (χ2v) is 9.61. The first-order valence-corrected chi connectivity index (χ1v) is 12.6. The van der Waals surface area contributed by atoms with Gasteiger partial charge in [-0.2, -0.15) is 0 Å². The molecule has 0 radical (unpaired) electrons. The number of hydrogen-bond donors (Lipinski definition) is 2. The molecule has 0 saturated carbocycles. The molecule has 0 amide bonds. The van der Waals surface area contributed by atoms with Gasteiger partial charge < -0.3 is 24.6 Å². The van der Waals surface area contributed by atoms with Crippen LogP contribution < -0.4 is 10.1 Å². The molecule has 2 aromatic rings. The van der Waals surface area contributed by atoms with Crippen LogP contribution in [-0.4, -0.2) is 43.1 Å². The molecule has 7 heteroatoms. The van der Waals surface area contributed by atoms with Gasteiger partial charge in [0.15, 0.2) is 0 Å². The Morgan fingerprint density at radius 3 is 2.63 bits per heavy atom. The predicted octanol–water partition coefficient (Wildman–Crippen LogP) is 5.80. The van der Waals surface area contributed by atoms with Gasteiger partial charge in [0.05, 0.1) is 19.3 Å². The molecule has 0 fully saturated rings. The molecule has 0 aliphatic carbocycles. The number of para-hydroxylation sites is 1. The molecule has 1 aliphatic heterocycles. The van der Waals surface area contributed by atoms with Gasteiger partial charge >= 0.3 is 0 Å². The topological polar surface area (TPSA) is 60.0 Å². The molecule has 1 aliphatic rings. The van der Waals surface area contributed by atoms with E-state index in [0.717, 1.165) is 24.8 Å². The Kier molecular flexibility index (Phi) is 10.5. The van der Waals surface area contributed by atoms with Crippen LogP contribution in [0.15, 0.2) is 48.5 Å². The molecule has 1 heterocycles. The molecule has 2 aromatic carbocycles. The Morgan fingerprint density at radius 1 is 1.03 bits per heavy atom. The van der Waals surface area contributed by atoms with Crippen molar-refractivity contribution in [3.8, 4) is 5.75 Å². The van der Waals surface area contributed by atoms with Crippen LogP contribution in [0.3, 0.4) is 0 Å². The van der Waals surface area contributed by atoms with Crippen molar-refractivity contribution in [3.05, 3.63) is 65.2 Å². The zero-order valence-electron chi connectivity index (χ0n) is 20.9. The lowest BCUT2D eigenvalue weighted by Gasteiger charge is -2.34. The number of unbranched alkanes of at least 4 members (excludes halogenated alkanes) is 1. The largest absolute Gasteiger partial charge is 0.462 e. The average molecular weight is 492 g/mol. The number of aryl methyl sites for hydroxylation is 1. The first-order chi connectivity index (χ1) is 16.8. The van der Waals surface area contributed by atoms with E-state index in [1.807, 2.05) is 50.2 Å². The number of fused-ring (bicyclic) bond motifs is 1. The van der Waals surface area contributed by atoms with E-state index in [2.05, 4.69) is 17.4 Å². The minimum absolute atomic E-state index is 0.0731. The molecule has 0 saturated heterocycles. The summed E-state index contributed by atoms with van der Waals surface area (Å²) in [4.78, 5) is 0. The Hall–Kier alpha value is -2.06. The highest BCUT2D eigenvalue weighted by molar-refractivity contribution is 5.43. The lowest BCUT2D eigenvalue weighted by molar-refractivity contribution is -0.181. The summed E-state index contributed by atoms with van der Waals surface area (Å²) in [6, 6.07) is 15.8. The molecule has 2 N–H and O–H groups in total. The van der Waals surface area contributed by atoms with Gasteiger partial charge in [0.1, 0.15) is 5.75 Å². The Labute approximate surface area is 207 Å². The van der Waals surface area contributed by atoms with Gasteiger partial charge in [0.2, 0.25) is 11.7 Å². The van der Waals surface area contributed by atoms with Crippen molar-refractivity contribution in [2.24, 2.45) is 0 Å². The van der Waals surface area contributed by atoms with E-state index in [-0.39, 0.29) is 26.0 Å². The molecular formula is C28H39F2NO4. The van der Waals surface area contributed by atoms with Crippen LogP contribution in [0.4, 0.5) is 8.78 Å². The minimum atomic E-state index is -2.75. The molecule has 35 heavy (non-hydrogen) atoms. The summed E-state index contributed by atoms with van der Waals surface area (Å²) in [5.74, 6) is -2.86. The van der Waals surface area contributed by atoms with Crippen LogP contribution in [0, 0.1) is 0 Å². The monoisotopic (exact) mass is 491 g/mol. The number of halogens is 2. The third kappa shape index (κ3) is 9.49. The number of alkyl halides is 2. The summed E-state index contributed by atoms with van der Waals surface area (Å²) >= 11 is 0. The second-order valence-electron chi connectivity index (χ2n) is 9.61. The Bertz CT molecular complexity index is 892. The molecule has 0 spiro atoms. The van der Waals surface area contributed by atoms with E-state index >= 15 is 0 Å². The highest BCUT2D eigenvalue weighted by atomic mass is 19.3. The average Bonchev–Trinajstić information content (AvgIpc) is 2.82. The van der Waals surface area contributed by atoms with Gasteiger partial charge in [-0.1, -0.05) is 48.5 Å². The molecule has 1 atom stereocenters.